The number of aromatic amines is 1. The lowest BCUT2D eigenvalue weighted by Gasteiger charge is -2.26. The smallest absolute Gasteiger partial charge is 0.257 e. The van der Waals surface area contributed by atoms with Gasteiger partial charge in [0.2, 0.25) is 0 Å². The maximum Gasteiger partial charge on any atom is 0.257 e. The molecule has 0 saturated carbocycles. The fraction of sp³-hybridized carbons (Fsp3) is 0.333. The molecule has 8 nitrogen and oxygen atoms in total. The van der Waals surface area contributed by atoms with Crippen LogP contribution in [0.2, 0.25) is 0 Å². The van der Waals surface area contributed by atoms with Gasteiger partial charge in [0.25, 0.3) is 5.82 Å². The first-order valence-electron chi connectivity index (χ1n) is 11.0. The number of imidazole rings is 1. The van der Waals surface area contributed by atoms with Gasteiger partial charge < -0.3 is 15.3 Å². The molecule has 0 atom stereocenters. The summed E-state index contributed by atoms with van der Waals surface area (Å²) in [5.74, 6) is 1.46. The topological polar surface area (TPSA) is 85.1 Å². The normalized spacial score (nSPS) is 14.8. The average Bonchev–Trinajstić information content (AvgIpc) is 3.35. The van der Waals surface area contributed by atoms with Crippen LogP contribution in [-0.2, 0) is 11.8 Å². The van der Waals surface area contributed by atoms with Crippen molar-refractivity contribution >= 4 is 16.9 Å². The summed E-state index contributed by atoms with van der Waals surface area (Å²) >= 11 is 0. The predicted molar refractivity (Wildman–Crippen MR) is 125 cm³/mol. The minimum absolute atomic E-state index is 0.655. The number of aryl methyl sites for hydroxylation is 1. The van der Waals surface area contributed by atoms with E-state index in [9.17, 15) is 5.21 Å². The monoisotopic (exact) mass is 432 g/mol. The number of hydrogen-bond donors (Lipinski definition) is 2. The van der Waals surface area contributed by atoms with Crippen molar-refractivity contribution in [3.63, 3.8) is 0 Å². The van der Waals surface area contributed by atoms with E-state index in [-0.39, 0.29) is 0 Å². The standard InChI is InChI=1S/C24H28N6O2/c1-17-28(2)20-9-8-19(16-21(20)30(17)31)22-23(18-6-4-3-5-7-18)26-27-24(22)25-10-11-29-12-14-32-15-13-29/h3-9,16H,10-15H2,1-2H3,(H2,25,26,27). The average molecular weight is 433 g/mol. The van der Waals surface area contributed by atoms with Crippen molar-refractivity contribution in [2.75, 3.05) is 44.7 Å². The van der Waals surface area contributed by atoms with Gasteiger partial charge in [0.05, 0.1) is 31.5 Å². The van der Waals surface area contributed by atoms with E-state index in [0.717, 1.165) is 77.8 Å². The number of benzene rings is 2. The molecule has 3 heterocycles. The van der Waals surface area contributed by atoms with Crippen LogP contribution in [0.3, 0.4) is 0 Å². The van der Waals surface area contributed by atoms with E-state index in [4.69, 9.17) is 4.74 Å². The summed E-state index contributed by atoms with van der Waals surface area (Å²) in [6.07, 6.45) is 0. The summed E-state index contributed by atoms with van der Waals surface area (Å²) in [5, 5.41) is 24.0. The van der Waals surface area contributed by atoms with Gasteiger partial charge in [-0.2, -0.15) is 5.10 Å². The highest BCUT2D eigenvalue weighted by Crippen LogP contribution is 2.37. The molecule has 0 spiro atoms. The van der Waals surface area contributed by atoms with Gasteiger partial charge >= 0.3 is 0 Å². The molecular formula is C24H28N6O2. The van der Waals surface area contributed by atoms with Crippen LogP contribution >= 0.6 is 0 Å². The molecule has 1 aliphatic rings. The van der Waals surface area contributed by atoms with Gasteiger partial charge in [-0.05, 0) is 23.8 Å². The molecule has 1 aliphatic heterocycles. The molecule has 0 aliphatic carbocycles. The van der Waals surface area contributed by atoms with E-state index >= 15 is 0 Å². The number of morpholine rings is 1. The van der Waals surface area contributed by atoms with Crippen molar-refractivity contribution in [1.82, 2.24) is 19.7 Å². The number of nitrogens with one attached hydrogen (secondary N) is 2. The van der Waals surface area contributed by atoms with Gasteiger partial charge in [-0.25, -0.2) is 9.30 Å². The van der Waals surface area contributed by atoms with E-state index in [1.807, 2.05) is 48.9 Å². The molecule has 5 rings (SSSR count). The Morgan fingerprint density at radius 3 is 2.69 bits per heavy atom. The fourth-order valence-electron chi connectivity index (χ4n) is 4.33. The molecule has 0 unspecified atom stereocenters. The first kappa shape index (κ1) is 20.5. The minimum atomic E-state index is 0.655. The Hall–Kier alpha value is -3.36. The van der Waals surface area contributed by atoms with Gasteiger partial charge in [0.15, 0.2) is 16.9 Å². The molecular weight excluding hydrogens is 404 g/mol. The number of anilines is 1. The lowest BCUT2D eigenvalue weighted by Crippen LogP contribution is -2.39. The fourth-order valence-corrected chi connectivity index (χ4v) is 4.33. The lowest BCUT2D eigenvalue weighted by atomic mass is 10.00. The van der Waals surface area contributed by atoms with Crippen LogP contribution in [0.25, 0.3) is 33.4 Å². The zero-order valence-electron chi connectivity index (χ0n) is 18.5. The van der Waals surface area contributed by atoms with Crippen LogP contribution in [0.5, 0.6) is 0 Å². The number of hydrogen-bond acceptors (Lipinski definition) is 5. The van der Waals surface area contributed by atoms with Gasteiger partial charge in [-0.3, -0.25) is 10.00 Å². The van der Waals surface area contributed by atoms with Crippen molar-refractivity contribution in [2.45, 2.75) is 6.92 Å². The summed E-state index contributed by atoms with van der Waals surface area (Å²) in [6, 6.07) is 16.2. The van der Waals surface area contributed by atoms with E-state index in [2.05, 4.69) is 38.6 Å². The van der Waals surface area contributed by atoms with Crippen LogP contribution in [-0.4, -0.2) is 59.1 Å². The van der Waals surface area contributed by atoms with E-state index in [0.29, 0.717) is 11.3 Å². The Labute approximate surface area is 187 Å². The molecule has 1 saturated heterocycles. The third-order valence-corrected chi connectivity index (χ3v) is 6.28. The van der Waals surface area contributed by atoms with Crippen molar-refractivity contribution in [2.24, 2.45) is 7.05 Å². The summed E-state index contributed by atoms with van der Waals surface area (Å²) in [6.45, 7) is 7.03. The molecule has 1 fully saturated rings. The van der Waals surface area contributed by atoms with Crippen LogP contribution in [0.1, 0.15) is 5.82 Å². The molecule has 4 aromatic rings. The Bertz CT molecular complexity index is 1220. The van der Waals surface area contributed by atoms with Gasteiger partial charge in [0.1, 0.15) is 0 Å². The first-order chi connectivity index (χ1) is 15.6. The molecule has 8 heteroatoms. The zero-order valence-corrected chi connectivity index (χ0v) is 18.5. The van der Waals surface area contributed by atoms with E-state index < -0.39 is 0 Å². The van der Waals surface area contributed by atoms with Crippen LogP contribution in [0, 0.1) is 12.1 Å². The predicted octanol–water partition coefficient (Wildman–Crippen LogP) is 2.92. The maximum atomic E-state index is 12.7. The van der Waals surface area contributed by atoms with Crippen molar-refractivity contribution < 1.29 is 9.47 Å². The van der Waals surface area contributed by atoms with E-state index in [1.165, 1.54) is 0 Å². The number of aromatic nitrogens is 4. The Morgan fingerprint density at radius 2 is 1.91 bits per heavy atom. The SMILES string of the molecule is Cc1n(C)c2ccc(-c3c(NCCN4CCOCC4)n[nH]c3-c3ccccc3)cc2[n+]1[O-]. The Morgan fingerprint density at radius 1 is 1.12 bits per heavy atom. The number of H-pyrrole nitrogens is 1. The zero-order chi connectivity index (χ0) is 22.1. The molecule has 32 heavy (non-hydrogen) atoms. The number of ether oxygens (including phenoxy) is 1. The minimum Gasteiger partial charge on any atom is -0.710 e. The van der Waals surface area contributed by atoms with Crippen LogP contribution in [0.4, 0.5) is 5.82 Å². The highest BCUT2D eigenvalue weighted by Gasteiger charge is 2.21. The molecule has 2 aromatic carbocycles. The lowest BCUT2D eigenvalue weighted by molar-refractivity contribution is -0.585. The Balaban J connectivity index is 1.52. The first-order valence-corrected chi connectivity index (χ1v) is 11.0. The summed E-state index contributed by atoms with van der Waals surface area (Å²) in [5.41, 5.74) is 5.48. The summed E-state index contributed by atoms with van der Waals surface area (Å²) in [7, 11) is 1.91. The highest BCUT2D eigenvalue weighted by molar-refractivity contribution is 5.91. The quantitative estimate of drug-likeness (QED) is 0.362. The van der Waals surface area contributed by atoms with Gasteiger partial charge in [0, 0.05) is 38.7 Å². The van der Waals surface area contributed by atoms with Crippen LogP contribution in [0.15, 0.2) is 48.5 Å². The molecule has 0 radical (unpaired) electrons. The van der Waals surface area contributed by atoms with Crippen molar-refractivity contribution in [3.8, 4) is 22.4 Å². The number of fused-ring (bicyclic) bond motifs is 1. The second kappa shape index (κ2) is 8.64. The Kier molecular flexibility index (Phi) is 5.55. The molecule has 2 N–H and O–H groups in total. The van der Waals surface area contributed by atoms with Crippen LogP contribution < -0.4 is 10.0 Å². The van der Waals surface area contributed by atoms with E-state index in [1.54, 1.807) is 0 Å². The molecule has 0 amide bonds. The van der Waals surface area contributed by atoms with Gasteiger partial charge in [-0.1, -0.05) is 30.3 Å². The van der Waals surface area contributed by atoms with Crippen molar-refractivity contribution in [3.05, 3.63) is 59.6 Å². The van der Waals surface area contributed by atoms with Gasteiger partial charge in [-0.15, -0.1) is 0 Å². The summed E-state index contributed by atoms with van der Waals surface area (Å²) < 4.78 is 8.35. The highest BCUT2D eigenvalue weighted by atomic mass is 16.5. The molecule has 2 aromatic heterocycles. The second-order valence-electron chi connectivity index (χ2n) is 8.17. The maximum absolute atomic E-state index is 12.7. The number of nitrogens with zero attached hydrogens (tertiary/aromatic N) is 4. The number of rotatable bonds is 6. The third-order valence-electron chi connectivity index (χ3n) is 6.28. The third kappa shape index (κ3) is 3.72. The van der Waals surface area contributed by atoms with Crippen molar-refractivity contribution in [1.29, 1.82) is 0 Å². The largest absolute Gasteiger partial charge is 0.710 e. The summed E-state index contributed by atoms with van der Waals surface area (Å²) in [4.78, 5) is 2.39. The molecule has 166 valence electrons. The second-order valence-corrected chi connectivity index (χ2v) is 8.17. The molecule has 0 bridgehead atoms.